The van der Waals surface area contributed by atoms with Crippen molar-refractivity contribution in [1.82, 2.24) is 20.3 Å². The Morgan fingerprint density at radius 2 is 1.95 bits per heavy atom. The Morgan fingerprint density at radius 1 is 1.18 bits per heavy atom. The Labute approximate surface area is 132 Å². The van der Waals surface area contributed by atoms with Gasteiger partial charge in [-0.25, -0.2) is 0 Å². The van der Waals surface area contributed by atoms with Crippen LogP contribution in [0.2, 0.25) is 0 Å². The molecule has 22 heavy (non-hydrogen) atoms. The first-order chi connectivity index (χ1) is 10.7. The van der Waals surface area contributed by atoms with Crippen molar-refractivity contribution in [3.8, 4) is 11.3 Å². The lowest BCUT2D eigenvalue weighted by Crippen LogP contribution is -2.17. The van der Waals surface area contributed by atoms with Gasteiger partial charge in [0.1, 0.15) is 11.4 Å². The molecule has 0 saturated heterocycles. The molecule has 0 atom stereocenters. The zero-order chi connectivity index (χ0) is 15.8. The number of rotatable bonds is 9. The quantitative estimate of drug-likeness (QED) is 0.723. The molecule has 0 radical (unpaired) electrons. The molecular weight excluding hydrogens is 276 g/mol. The summed E-state index contributed by atoms with van der Waals surface area (Å²) in [6.45, 7) is 9.42. The van der Waals surface area contributed by atoms with E-state index in [1.807, 2.05) is 25.1 Å². The number of nitrogens with one attached hydrogen (secondary N) is 1. The van der Waals surface area contributed by atoms with Crippen LogP contribution in [-0.2, 0) is 11.3 Å². The maximum Gasteiger partial charge on any atom is 0.117 e. The van der Waals surface area contributed by atoms with Crippen molar-refractivity contribution in [3.63, 3.8) is 0 Å². The van der Waals surface area contributed by atoms with Gasteiger partial charge in [-0.05, 0) is 33.7 Å². The van der Waals surface area contributed by atoms with Crippen molar-refractivity contribution in [1.29, 1.82) is 0 Å². The first-order valence-electron chi connectivity index (χ1n) is 8.02. The van der Waals surface area contributed by atoms with Gasteiger partial charge in [0, 0.05) is 25.3 Å². The van der Waals surface area contributed by atoms with Crippen LogP contribution in [0.1, 0.15) is 38.9 Å². The van der Waals surface area contributed by atoms with Crippen LogP contribution in [0.3, 0.4) is 0 Å². The van der Waals surface area contributed by atoms with Gasteiger partial charge in [0.15, 0.2) is 0 Å². The minimum absolute atomic E-state index is 0.258. The Hall–Kier alpha value is -1.72. The highest BCUT2D eigenvalue weighted by Gasteiger charge is 2.14. The van der Waals surface area contributed by atoms with E-state index in [1.54, 1.807) is 4.80 Å². The number of ether oxygens (including phenoxy) is 1. The molecule has 2 aromatic rings. The maximum absolute atomic E-state index is 5.34. The van der Waals surface area contributed by atoms with Crippen LogP contribution in [0.15, 0.2) is 30.3 Å². The molecule has 0 amide bonds. The third-order valence-electron chi connectivity index (χ3n) is 3.35. The summed E-state index contributed by atoms with van der Waals surface area (Å²) < 4.78 is 5.34. The predicted octanol–water partition coefficient (Wildman–Crippen LogP) is 3.04. The Bertz CT molecular complexity index is 551. The zero-order valence-electron chi connectivity index (χ0n) is 13.7. The smallest absolute Gasteiger partial charge is 0.117 e. The molecule has 0 unspecified atom stereocenters. The second-order valence-electron chi connectivity index (χ2n) is 5.50. The lowest BCUT2D eigenvalue weighted by atomic mass is 10.1. The first kappa shape index (κ1) is 16.6. The molecule has 2 rings (SSSR count). The number of hydrogen-bond donors (Lipinski definition) is 1. The zero-order valence-corrected chi connectivity index (χ0v) is 13.7. The Kier molecular flexibility index (Phi) is 6.55. The average Bonchev–Trinajstić information content (AvgIpc) is 2.96. The average molecular weight is 302 g/mol. The maximum atomic E-state index is 5.34. The van der Waals surface area contributed by atoms with Crippen LogP contribution in [0.4, 0.5) is 0 Å². The van der Waals surface area contributed by atoms with Gasteiger partial charge in [0.05, 0.1) is 6.04 Å². The highest BCUT2D eigenvalue weighted by Crippen LogP contribution is 2.21. The van der Waals surface area contributed by atoms with Gasteiger partial charge in [0.25, 0.3) is 0 Å². The standard InChI is InChI=1S/C17H26N4O/c1-4-22-12-8-11-18-13-16-17(15-9-6-5-7-10-15)20-21(19-16)14(2)3/h5-7,9-10,14,18H,4,8,11-13H2,1-3H3. The SMILES string of the molecule is CCOCCCNCc1nn(C(C)C)nc1-c1ccccc1. The molecule has 0 spiro atoms. The minimum Gasteiger partial charge on any atom is -0.382 e. The van der Waals surface area contributed by atoms with Crippen LogP contribution in [0.25, 0.3) is 11.3 Å². The Balaban J connectivity index is 2.02. The number of benzene rings is 1. The molecule has 1 aromatic heterocycles. The highest BCUT2D eigenvalue weighted by atomic mass is 16.5. The van der Waals surface area contributed by atoms with Crippen molar-refractivity contribution in [3.05, 3.63) is 36.0 Å². The van der Waals surface area contributed by atoms with E-state index in [1.165, 1.54) is 0 Å². The lowest BCUT2D eigenvalue weighted by molar-refractivity contribution is 0.144. The predicted molar refractivity (Wildman–Crippen MR) is 88.7 cm³/mol. The third-order valence-corrected chi connectivity index (χ3v) is 3.35. The first-order valence-corrected chi connectivity index (χ1v) is 8.02. The lowest BCUT2D eigenvalue weighted by Gasteiger charge is -2.04. The molecule has 0 aliphatic rings. The molecule has 0 aliphatic heterocycles. The van der Waals surface area contributed by atoms with Crippen molar-refractivity contribution in [2.45, 2.75) is 39.8 Å². The van der Waals surface area contributed by atoms with E-state index in [0.29, 0.717) is 0 Å². The van der Waals surface area contributed by atoms with Crippen LogP contribution in [0, 0.1) is 0 Å². The van der Waals surface area contributed by atoms with Crippen molar-refractivity contribution >= 4 is 0 Å². The molecule has 1 heterocycles. The van der Waals surface area contributed by atoms with Crippen LogP contribution in [-0.4, -0.2) is 34.8 Å². The molecule has 5 nitrogen and oxygen atoms in total. The molecule has 5 heteroatoms. The normalized spacial score (nSPS) is 11.3. The van der Waals surface area contributed by atoms with E-state index in [9.17, 15) is 0 Å². The fraction of sp³-hybridized carbons (Fsp3) is 0.529. The summed E-state index contributed by atoms with van der Waals surface area (Å²) in [5.41, 5.74) is 3.07. The van der Waals surface area contributed by atoms with Crippen molar-refractivity contribution in [2.75, 3.05) is 19.8 Å². The van der Waals surface area contributed by atoms with Crippen molar-refractivity contribution < 1.29 is 4.74 Å². The highest BCUT2D eigenvalue weighted by molar-refractivity contribution is 5.60. The van der Waals surface area contributed by atoms with Crippen LogP contribution in [0.5, 0.6) is 0 Å². The topological polar surface area (TPSA) is 52.0 Å². The summed E-state index contributed by atoms with van der Waals surface area (Å²) in [4.78, 5) is 1.79. The van der Waals surface area contributed by atoms with E-state index in [-0.39, 0.29) is 6.04 Å². The molecule has 120 valence electrons. The molecule has 1 N–H and O–H groups in total. The van der Waals surface area contributed by atoms with Crippen LogP contribution < -0.4 is 5.32 Å². The minimum atomic E-state index is 0.258. The second kappa shape index (κ2) is 8.66. The van der Waals surface area contributed by atoms with Gasteiger partial charge in [-0.1, -0.05) is 30.3 Å². The molecule has 0 aliphatic carbocycles. The summed E-state index contributed by atoms with van der Waals surface area (Å²) in [5, 5.41) is 12.7. The molecule has 1 aromatic carbocycles. The van der Waals surface area contributed by atoms with E-state index in [2.05, 4.69) is 41.5 Å². The fourth-order valence-electron chi connectivity index (χ4n) is 2.17. The van der Waals surface area contributed by atoms with Gasteiger partial charge in [0.2, 0.25) is 0 Å². The summed E-state index contributed by atoms with van der Waals surface area (Å²) in [6, 6.07) is 10.5. The Morgan fingerprint density at radius 3 is 2.64 bits per heavy atom. The molecule has 0 bridgehead atoms. The fourth-order valence-corrected chi connectivity index (χ4v) is 2.17. The van der Waals surface area contributed by atoms with E-state index < -0.39 is 0 Å². The van der Waals surface area contributed by atoms with Gasteiger partial charge in [-0.3, -0.25) is 0 Å². The summed E-state index contributed by atoms with van der Waals surface area (Å²) in [6.07, 6.45) is 1.01. The van der Waals surface area contributed by atoms with Gasteiger partial charge in [-0.15, -0.1) is 0 Å². The summed E-state index contributed by atoms with van der Waals surface area (Å²) in [5.74, 6) is 0. The third kappa shape index (κ3) is 4.64. The number of aromatic nitrogens is 3. The van der Waals surface area contributed by atoms with E-state index in [4.69, 9.17) is 4.74 Å². The van der Waals surface area contributed by atoms with Crippen molar-refractivity contribution in [2.24, 2.45) is 0 Å². The van der Waals surface area contributed by atoms with Gasteiger partial charge >= 0.3 is 0 Å². The molecule has 0 saturated carbocycles. The van der Waals surface area contributed by atoms with E-state index in [0.717, 1.165) is 49.7 Å². The number of hydrogen-bond acceptors (Lipinski definition) is 4. The van der Waals surface area contributed by atoms with Crippen LogP contribution >= 0.6 is 0 Å². The molecular formula is C17H26N4O. The monoisotopic (exact) mass is 302 g/mol. The molecule has 0 fully saturated rings. The number of nitrogens with zero attached hydrogens (tertiary/aromatic N) is 3. The summed E-state index contributed by atoms with van der Waals surface area (Å²) in [7, 11) is 0. The van der Waals surface area contributed by atoms with Gasteiger partial charge < -0.3 is 10.1 Å². The van der Waals surface area contributed by atoms with Gasteiger partial charge in [-0.2, -0.15) is 15.0 Å². The largest absolute Gasteiger partial charge is 0.382 e. The second-order valence-corrected chi connectivity index (χ2v) is 5.50. The van der Waals surface area contributed by atoms with E-state index >= 15 is 0 Å². The summed E-state index contributed by atoms with van der Waals surface area (Å²) >= 11 is 0.